The van der Waals surface area contributed by atoms with Gasteiger partial charge >= 0.3 is 0 Å². The minimum Gasteiger partial charge on any atom is -0.314 e. The summed E-state index contributed by atoms with van der Waals surface area (Å²) in [5.41, 5.74) is 0. The van der Waals surface area contributed by atoms with Crippen LogP contribution in [0.3, 0.4) is 0 Å². The van der Waals surface area contributed by atoms with Gasteiger partial charge in [-0.05, 0) is 20.0 Å². The maximum absolute atomic E-state index is 13.8. The Morgan fingerprint density at radius 1 is 1.27 bits per heavy atom. The number of piperidine rings is 1. The number of rotatable bonds is 2. The van der Waals surface area contributed by atoms with Gasteiger partial charge in [0.1, 0.15) is 6.17 Å². The van der Waals surface area contributed by atoms with Gasteiger partial charge in [0.05, 0.1) is 0 Å². The monoisotopic (exact) mass is 215 g/mol. The highest BCUT2D eigenvalue weighted by molar-refractivity contribution is 4.82. The highest BCUT2D eigenvalue weighted by Crippen LogP contribution is 2.20. The standard InChI is InChI=1S/C11H22FN3/c1-14-5-2-10(11(12)9-14)8-15-6-3-13-4-7-15/h10-11,13H,2-9H2,1H3. The average molecular weight is 215 g/mol. The normalized spacial score (nSPS) is 35.6. The molecule has 0 saturated carbocycles. The fraction of sp³-hybridized carbons (Fsp3) is 1.00. The van der Waals surface area contributed by atoms with Crippen molar-refractivity contribution in [3.8, 4) is 0 Å². The van der Waals surface area contributed by atoms with Gasteiger partial charge in [-0.15, -0.1) is 0 Å². The summed E-state index contributed by atoms with van der Waals surface area (Å²) in [5, 5.41) is 3.33. The van der Waals surface area contributed by atoms with Crippen molar-refractivity contribution in [2.45, 2.75) is 12.6 Å². The van der Waals surface area contributed by atoms with Crippen molar-refractivity contribution in [3.05, 3.63) is 0 Å². The van der Waals surface area contributed by atoms with E-state index in [2.05, 4.69) is 15.1 Å². The minimum absolute atomic E-state index is 0.263. The molecule has 2 aliphatic heterocycles. The van der Waals surface area contributed by atoms with E-state index in [0.717, 1.165) is 45.7 Å². The van der Waals surface area contributed by atoms with Gasteiger partial charge in [0.25, 0.3) is 0 Å². The second-order valence-corrected chi connectivity index (χ2v) is 4.88. The Kier molecular flexibility index (Phi) is 3.94. The van der Waals surface area contributed by atoms with Crippen LogP contribution in [0, 0.1) is 5.92 Å². The van der Waals surface area contributed by atoms with Crippen LogP contribution in [0.15, 0.2) is 0 Å². The van der Waals surface area contributed by atoms with E-state index in [9.17, 15) is 4.39 Å². The first-order valence-corrected chi connectivity index (χ1v) is 6.01. The second-order valence-electron chi connectivity index (χ2n) is 4.88. The molecule has 2 aliphatic rings. The predicted molar refractivity (Wildman–Crippen MR) is 59.8 cm³/mol. The maximum atomic E-state index is 13.8. The van der Waals surface area contributed by atoms with E-state index in [0.29, 0.717) is 6.54 Å². The van der Waals surface area contributed by atoms with Gasteiger partial charge in [-0.2, -0.15) is 0 Å². The fourth-order valence-electron chi connectivity index (χ4n) is 2.54. The first-order valence-electron chi connectivity index (χ1n) is 6.01. The number of alkyl halides is 1. The van der Waals surface area contributed by atoms with Crippen LogP contribution in [0.25, 0.3) is 0 Å². The van der Waals surface area contributed by atoms with E-state index in [1.807, 2.05) is 7.05 Å². The average Bonchev–Trinajstić information content (AvgIpc) is 2.24. The van der Waals surface area contributed by atoms with Crippen molar-refractivity contribution in [1.82, 2.24) is 15.1 Å². The van der Waals surface area contributed by atoms with Crippen molar-refractivity contribution < 1.29 is 4.39 Å². The molecule has 15 heavy (non-hydrogen) atoms. The van der Waals surface area contributed by atoms with Crippen LogP contribution in [-0.4, -0.2) is 68.8 Å². The van der Waals surface area contributed by atoms with Crippen LogP contribution in [-0.2, 0) is 0 Å². The lowest BCUT2D eigenvalue weighted by molar-refractivity contribution is 0.0702. The van der Waals surface area contributed by atoms with E-state index in [1.54, 1.807) is 0 Å². The van der Waals surface area contributed by atoms with Crippen LogP contribution in [0.5, 0.6) is 0 Å². The number of hydrogen-bond donors (Lipinski definition) is 1. The summed E-state index contributed by atoms with van der Waals surface area (Å²) in [6.45, 7) is 6.91. The quantitative estimate of drug-likeness (QED) is 0.709. The minimum atomic E-state index is -0.626. The van der Waals surface area contributed by atoms with Crippen molar-refractivity contribution in [2.24, 2.45) is 5.92 Å². The molecule has 2 fully saturated rings. The Morgan fingerprint density at radius 2 is 2.00 bits per heavy atom. The van der Waals surface area contributed by atoms with Crippen LogP contribution >= 0.6 is 0 Å². The van der Waals surface area contributed by atoms with Crippen LogP contribution in [0.1, 0.15) is 6.42 Å². The number of halogens is 1. The number of likely N-dealkylation sites (tertiary alicyclic amines) is 1. The summed E-state index contributed by atoms with van der Waals surface area (Å²) in [6.07, 6.45) is 0.389. The highest BCUT2D eigenvalue weighted by atomic mass is 19.1. The van der Waals surface area contributed by atoms with Crippen molar-refractivity contribution in [3.63, 3.8) is 0 Å². The van der Waals surface area contributed by atoms with Crippen LogP contribution < -0.4 is 5.32 Å². The smallest absolute Gasteiger partial charge is 0.117 e. The molecule has 0 radical (unpaired) electrons. The molecule has 2 atom stereocenters. The number of piperazine rings is 1. The van der Waals surface area contributed by atoms with Gasteiger partial charge < -0.3 is 15.1 Å². The van der Waals surface area contributed by atoms with Crippen molar-refractivity contribution in [1.29, 1.82) is 0 Å². The maximum Gasteiger partial charge on any atom is 0.117 e. The molecule has 0 aliphatic carbocycles. The second kappa shape index (κ2) is 5.23. The molecule has 0 aromatic heterocycles. The number of nitrogens with zero attached hydrogens (tertiary/aromatic N) is 2. The molecule has 0 amide bonds. The lowest BCUT2D eigenvalue weighted by Crippen LogP contribution is -2.49. The molecule has 2 unspecified atom stereocenters. The van der Waals surface area contributed by atoms with E-state index in [4.69, 9.17) is 0 Å². The molecule has 1 N–H and O–H groups in total. The van der Waals surface area contributed by atoms with Gasteiger partial charge in [0.15, 0.2) is 0 Å². The largest absolute Gasteiger partial charge is 0.314 e. The molecule has 2 saturated heterocycles. The van der Waals surface area contributed by atoms with Gasteiger partial charge in [0, 0.05) is 45.2 Å². The highest BCUT2D eigenvalue weighted by Gasteiger charge is 2.29. The molecule has 0 spiro atoms. The van der Waals surface area contributed by atoms with Gasteiger partial charge in [-0.3, -0.25) is 0 Å². The van der Waals surface area contributed by atoms with Crippen molar-refractivity contribution in [2.75, 3.05) is 52.9 Å². The molecule has 3 nitrogen and oxygen atoms in total. The third-order valence-corrected chi connectivity index (χ3v) is 3.58. The molecule has 0 aromatic carbocycles. The van der Waals surface area contributed by atoms with E-state index >= 15 is 0 Å². The summed E-state index contributed by atoms with van der Waals surface area (Å²) < 4.78 is 13.8. The Balaban J connectivity index is 1.77. The lowest BCUT2D eigenvalue weighted by atomic mass is 9.94. The fourth-order valence-corrected chi connectivity index (χ4v) is 2.54. The molecular weight excluding hydrogens is 193 g/mol. The summed E-state index contributed by atoms with van der Waals surface area (Å²) in [6, 6.07) is 0. The molecule has 0 aromatic rings. The number of nitrogens with one attached hydrogen (secondary N) is 1. The van der Waals surface area contributed by atoms with E-state index in [1.165, 1.54) is 0 Å². The Hall–Kier alpha value is -0.190. The zero-order valence-corrected chi connectivity index (χ0v) is 9.58. The topological polar surface area (TPSA) is 18.5 Å². The summed E-state index contributed by atoms with van der Waals surface area (Å²) in [7, 11) is 2.01. The predicted octanol–water partition coefficient (Wildman–Crippen LogP) is 0.181. The van der Waals surface area contributed by atoms with E-state index in [-0.39, 0.29) is 5.92 Å². The molecule has 2 rings (SSSR count). The zero-order valence-electron chi connectivity index (χ0n) is 9.58. The first kappa shape index (κ1) is 11.3. The lowest BCUT2D eigenvalue weighted by Gasteiger charge is -2.36. The summed E-state index contributed by atoms with van der Waals surface area (Å²) in [5.74, 6) is 0.263. The first-order chi connectivity index (χ1) is 7.25. The van der Waals surface area contributed by atoms with E-state index < -0.39 is 6.17 Å². The summed E-state index contributed by atoms with van der Waals surface area (Å²) >= 11 is 0. The molecular formula is C11H22FN3. The van der Waals surface area contributed by atoms with Crippen molar-refractivity contribution >= 4 is 0 Å². The Labute approximate surface area is 91.6 Å². The molecule has 4 heteroatoms. The third-order valence-electron chi connectivity index (χ3n) is 3.58. The molecule has 88 valence electrons. The Morgan fingerprint density at radius 3 is 2.67 bits per heavy atom. The number of hydrogen-bond acceptors (Lipinski definition) is 3. The van der Waals surface area contributed by atoms with Gasteiger partial charge in [0.2, 0.25) is 0 Å². The van der Waals surface area contributed by atoms with Crippen LogP contribution in [0.4, 0.5) is 4.39 Å². The van der Waals surface area contributed by atoms with Crippen LogP contribution in [0.2, 0.25) is 0 Å². The summed E-state index contributed by atoms with van der Waals surface area (Å²) in [4.78, 5) is 4.50. The molecule has 0 bridgehead atoms. The SMILES string of the molecule is CN1CCC(CN2CCNCC2)C(F)C1. The van der Waals surface area contributed by atoms with Gasteiger partial charge in [-0.25, -0.2) is 4.39 Å². The Bertz CT molecular complexity index is 194. The van der Waals surface area contributed by atoms with Gasteiger partial charge in [-0.1, -0.05) is 0 Å². The zero-order chi connectivity index (χ0) is 10.7. The molecule has 2 heterocycles. The third kappa shape index (κ3) is 3.13.